The van der Waals surface area contributed by atoms with Gasteiger partial charge in [-0.3, -0.25) is 9.59 Å². The van der Waals surface area contributed by atoms with Crippen LogP contribution in [0.2, 0.25) is 0 Å². The number of aromatic carboxylic acids is 1. The lowest BCUT2D eigenvalue weighted by Gasteiger charge is -2.33. The van der Waals surface area contributed by atoms with Crippen molar-refractivity contribution >= 4 is 68.3 Å². The number of amides is 2. The summed E-state index contributed by atoms with van der Waals surface area (Å²) in [6, 6.07) is 17.2. The quantitative estimate of drug-likeness (QED) is 0.122. The van der Waals surface area contributed by atoms with Crippen LogP contribution in [0.15, 0.2) is 65.6 Å². The van der Waals surface area contributed by atoms with E-state index >= 15 is 0 Å². The monoisotopic (exact) mass is 658 g/mol. The van der Waals surface area contributed by atoms with E-state index in [1.807, 2.05) is 13.0 Å². The molecule has 0 aliphatic heterocycles. The van der Waals surface area contributed by atoms with Crippen molar-refractivity contribution in [3.8, 4) is 0 Å². The fraction of sp³-hybridized carbons (Fsp3) is 0.333. The summed E-state index contributed by atoms with van der Waals surface area (Å²) >= 11 is 2.84. The van der Waals surface area contributed by atoms with Crippen molar-refractivity contribution in [2.24, 2.45) is 11.3 Å². The Balaban J connectivity index is 1.33. The van der Waals surface area contributed by atoms with Crippen LogP contribution in [-0.2, 0) is 22.4 Å². The number of thioether (sulfide) groups is 1. The Bertz CT molecular complexity index is 1820. The van der Waals surface area contributed by atoms with Gasteiger partial charge in [-0.2, -0.15) is 0 Å². The molecule has 4 aromatic rings. The number of rotatable bonds is 9. The van der Waals surface area contributed by atoms with Gasteiger partial charge in [-0.25, -0.2) is 9.59 Å². The van der Waals surface area contributed by atoms with E-state index < -0.39 is 23.1 Å². The summed E-state index contributed by atoms with van der Waals surface area (Å²) in [5.41, 5.74) is 2.42. The first-order valence-electron chi connectivity index (χ1n) is 15.3. The van der Waals surface area contributed by atoms with E-state index in [-0.39, 0.29) is 22.4 Å². The van der Waals surface area contributed by atoms with E-state index in [1.165, 1.54) is 36.3 Å². The second-order valence-corrected chi connectivity index (χ2v) is 14.9. The Labute approximate surface area is 276 Å². The van der Waals surface area contributed by atoms with Gasteiger partial charge < -0.3 is 20.5 Å². The molecule has 1 aliphatic rings. The van der Waals surface area contributed by atoms with Crippen LogP contribution in [0.25, 0.3) is 10.8 Å². The number of methoxy groups -OCH3 is 1. The Morgan fingerprint density at radius 3 is 2.37 bits per heavy atom. The highest BCUT2D eigenvalue weighted by atomic mass is 32.2. The van der Waals surface area contributed by atoms with Crippen molar-refractivity contribution in [2.75, 3.05) is 17.7 Å². The standard InChI is InChI=1S/C36H38N2O6S2/c1-6-27(32(40)38-33-30(35(43)44-5)24-17-16-21(36(2,3)4)18-28(24)46-33)45-23-13-9-12-22(19-23)37-31(39)25-14-7-10-20-11-8-15-26(29(20)25)34(41)42/h7-15,19,21,27H,6,16-18H2,1-5H3,(H,37,39)(H,38,40)(H,41,42). The molecule has 1 heterocycles. The van der Waals surface area contributed by atoms with Gasteiger partial charge in [0, 0.05) is 26.4 Å². The maximum Gasteiger partial charge on any atom is 0.341 e. The lowest BCUT2D eigenvalue weighted by molar-refractivity contribution is -0.115. The van der Waals surface area contributed by atoms with Crippen molar-refractivity contribution in [1.29, 1.82) is 0 Å². The molecule has 10 heteroatoms. The molecule has 3 N–H and O–H groups in total. The summed E-state index contributed by atoms with van der Waals surface area (Å²) in [4.78, 5) is 53.6. The van der Waals surface area contributed by atoms with Gasteiger partial charge in [0.15, 0.2) is 0 Å². The third kappa shape index (κ3) is 6.98. The van der Waals surface area contributed by atoms with Crippen LogP contribution in [-0.4, -0.2) is 41.2 Å². The summed E-state index contributed by atoms with van der Waals surface area (Å²) < 4.78 is 5.13. The van der Waals surface area contributed by atoms with Gasteiger partial charge >= 0.3 is 11.9 Å². The smallest absolute Gasteiger partial charge is 0.341 e. The first kappa shape index (κ1) is 33.2. The normalized spacial score (nSPS) is 15.1. The lowest BCUT2D eigenvalue weighted by atomic mass is 9.72. The number of anilines is 2. The molecule has 0 spiro atoms. The first-order valence-corrected chi connectivity index (χ1v) is 17.0. The van der Waals surface area contributed by atoms with Crippen molar-refractivity contribution in [3.63, 3.8) is 0 Å². The third-order valence-electron chi connectivity index (χ3n) is 8.53. The number of fused-ring (bicyclic) bond motifs is 2. The number of thiophene rings is 1. The minimum atomic E-state index is -1.11. The van der Waals surface area contributed by atoms with Crippen molar-refractivity contribution < 1.29 is 29.0 Å². The van der Waals surface area contributed by atoms with Gasteiger partial charge in [0.1, 0.15) is 5.00 Å². The summed E-state index contributed by atoms with van der Waals surface area (Å²) in [7, 11) is 1.36. The molecule has 240 valence electrons. The number of hydrogen-bond donors (Lipinski definition) is 3. The largest absolute Gasteiger partial charge is 0.478 e. The molecule has 5 rings (SSSR count). The van der Waals surface area contributed by atoms with E-state index in [0.717, 1.165) is 34.6 Å². The fourth-order valence-electron chi connectivity index (χ4n) is 5.96. The zero-order valence-electron chi connectivity index (χ0n) is 26.6. The summed E-state index contributed by atoms with van der Waals surface area (Å²) in [6.07, 6.45) is 3.15. The van der Waals surface area contributed by atoms with Crippen LogP contribution in [0.1, 0.15) is 82.1 Å². The molecule has 0 saturated carbocycles. The average molecular weight is 659 g/mol. The SMILES string of the molecule is CCC(Sc1cccc(NC(=O)c2cccc3cccc(C(=O)O)c23)c1)C(=O)Nc1sc2c(c1C(=O)OC)CCC(C(C)(C)C)C2. The number of hydrogen-bond acceptors (Lipinski definition) is 7. The van der Waals surface area contributed by atoms with E-state index in [9.17, 15) is 24.3 Å². The summed E-state index contributed by atoms with van der Waals surface area (Å²) in [5.74, 6) is -1.71. The molecule has 2 unspecified atom stereocenters. The predicted octanol–water partition coefficient (Wildman–Crippen LogP) is 8.30. The molecule has 0 fully saturated rings. The number of ether oxygens (including phenoxy) is 1. The Hall–Kier alpha value is -4.15. The number of carboxylic acid groups (broad SMARTS) is 1. The van der Waals surface area contributed by atoms with Crippen molar-refractivity contribution in [3.05, 3.63) is 87.8 Å². The van der Waals surface area contributed by atoms with Crippen molar-refractivity contribution in [2.45, 2.75) is 63.5 Å². The highest BCUT2D eigenvalue weighted by Crippen LogP contribution is 2.45. The molecule has 0 saturated heterocycles. The van der Waals surface area contributed by atoms with Gasteiger partial charge in [-0.15, -0.1) is 23.1 Å². The summed E-state index contributed by atoms with van der Waals surface area (Å²) in [5, 5.41) is 16.7. The Kier molecular flexibility index (Phi) is 9.88. The zero-order chi connectivity index (χ0) is 33.2. The number of benzene rings is 3. The number of carbonyl (C=O) groups is 4. The topological polar surface area (TPSA) is 122 Å². The van der Waals surface area contributed by atoms with E-state index in [2.05, 4.69) is 31.4 Å². The summed E-state index contributed by atoms with van der Waals surface area (Å²) in [6.45, 7) is 8.64. The molecule has 3 aromatic carbocycles. The molecule has 2 atom stereocenters. The van der Waals surface area contributed by atoms with E-state index in [1.54, 1.807) is 48.5 Å². The van der Waals surface area contributed by atoms with Crippen LogP contribution in [0.3, 0.4) is 0 Å². The van der Waals surface area contributed by atoms with Crippen LogP contribution in [0.5, 0.6) is 0 Å². The van der Waals surface area contributed by atoms with Gasteiger partial charge in [0.25, 0.3) is 5.91 Å². The highest BCUT2D eigenvalue weighted by molar-refractivity contribution is 8.00. The molecule has 1 aromatic heterocycles. The number of nitrogens with one attached hydrogen (secondary N) is 2. The second kappa shape index (κ2) is 13.7. The van der Waals surface area contributed by atoms with Crippen LogP contribution in [0.4, 0.5) is 10.7 Å². The molecule has 0 radical (unpaired) electrons. The molecule has 8 nitrogen and oxygen atoms in total. The maximum atomic E-state index is 13.6. The van der Waals surface area contributed by atoms with Gasteiger partial charge in [-0.1, -0.05) is 58.0 Å². The van der Waals surface area contributed by atoms with Crippen LogP contribution < -0.4 is 10.6 Å². The third-order valence-corrected chi connectivity index (χ3v) is 11.1. The molecule has 1 aliphatic carbocycles. The minimum Gasteiger partial charge on any atom is -0.478 e. The van der Waals surface area contributed by atoms with Crippen molar-refractivity contribution in [1.82, 2.24) is 0 Å². The number of esters is 1. The average Bonchev–Trinajstić information content (AvgIpc) is 3.39. The number of carboxylic acids is 1. The molecular weight excluding hydrogens is 621 g/mol. The molecular formula is C36H38N2O6S2. The van der Waals surface area contributed by atoms with Crippen LogP contribution in [0, 0.1) is 11.3 Å². The molecule has 0 bridgehead atoms. The zero-order valence-corrected chi connectivity index (χ0v) is 28.2. The lowest BCUT2D eigenvalue weighted by Crippen LogP contribution is -2.27. The molecule has 2 amide bonds. The van der Waals surface area contributed by atoms with Gasteiger partial charge in [0.2, 0.25) is 5.91 Å². The number of carbonyl (C=O) groups excluding carboxylic acids is 3. The second-order valence-electron chi connectivity index (χ2n) is 12.5. The first-order chi connectivity index (χ1) is 21.9. The minimum absolute atomic E-state index is 0.0559. The predicted molar refractivity (Wildman–Crippen MR) is 184 cm³/mol. The van der Waals surface area contributed by atoms with Gasteiger partial charge in [-0.05, 0) is 78.3 Å². The Morgan fingerprint density at radius 1 is 1.02 bits per heavy atom. The molecule has 46 heavy (non-hydrogen) atoms. The fourth-order valence-corrected chi connectivity index (χ4v) is 8.30. The van der Waals surface area contributed by atoms with E-state index in [4.69, 9.17) is 4.74 Å². The Morgan fingerprint density at radius 2 is 1.72 bits per heavy atom. The van der Waals surface area contributed by atoms with Crippen LogP contribution >= 0.6 is 23.1 Å². The maximum absolute atomic E-state index is 13.6. The van der Waals surface area contributed by atoms with E-state index in [0.29, 0.717) is 39.4 Å². The highest BCUT2D eigenvalue weighted by Gasteiger charge is 2.35. The van der Waals surface area contributed by atoms with Gasteiger partial charge in [0.05, 0.1) is 23.5 Å².